The molecule has 35 heavy (non-hydrogen) atoms. The van der Waals surface area contributed by atoms with Gasteiger partial charge in [0.25, 0.3) is 0 Å². The molecule has 0 spiro atoms. The highest BCUT2D eigenvalue weighted by molar-refractivity contribution is 6.31. The third-order valence-corrected chi connectivity index (χ3v) is 5.82. The molecule has 0 aliphatic heterocycles. The third-order valence-electron chi connectivity index (χ3n) is 5.58. The topological polar surface area (TPSA) is 92.8 Å². The number of ether oxygens (including phenoxy) is 3. The maximum atomic E-state index is 13.0. The number of carbonyl (C=O) groups is 2. The average Bonchev–Trinajstić information content (AvgIpc) is 3.41. The Morgan fingerprint density at radius 2 is 1.91 bits per heavy atom. The molecule has 0 saturated heterocycles. The van der Waals surface area contributed by atoms with E-state index in [1.165, 1.54) is 11.7 Å². The summed E-state index contributed by atoms with van der Waals surface area (Å²) in [5.74, 6) is -0.258. The van der Waals surface area contributed by atoms with Crippen LogP contribution in [0.5, 0.6) is 5.75 Å². The SMILES string of the molecule is COC(=O)CC(c1nc2cc(Cl)ccc2o1)c1c(OC)cc(C)c2c1ccn2C(=O)OC(C)(C)C. The molecule has 184 valence electrons. The summed E-state index contributed by atoms with van der Waals surface area (Å²) in [6.07, 6.45) is 1.09. The smallest absolute Gasteiger partial charge is 0.419 e. The summed E-state index contributed by atoms with van der Waals surface area (Å²) in [4.78, 5) is 30.1. The van der Waals surface area contributed by atoms with Gasteiger partial charge in [0.2, 0.25) is 5.89 Å². The van der Waals surface area contributed by atoms with Gasteiger partial charge in [-0.1, -0.05) is 11.6 Å². The quantitative estimate of drug-likeness (QED) is 0.301. The summed E-state index contributed by atoms with van der Waals surface area (Å²) >= 11 is 6.13. The second-order valence-electron chi connectivity index (χ2n) is 9.23. The zero-order chi connectivity index (χ0) is 25.5. The standard InChI is InChI=1S/C26H27ClN2O6/c1-14-11-20(32-5)22(16-9-10-29(23(14)16)25(31)35-26(2,3)4)17(13-21(30)33-6)24-28-18-12-15(27)7-8-19(18)34-24/h7-12,17H,13H2,1-6H3. The second-order valence-corrected chi connectivity index (χ2v) is 9.67. The molecule has 4 rings (SSSR count). The van der Waals surface area contributed by atoms with E-state index in [0.29, 0.717) is 44.2 Å². The van der Waals surface area contributed by atoms with E-state index in [2.05, 4.69) is 4.98 Å². The highest BCUT2D eigenvalue weighted by atomic mass is 35.5. The summed E-state index contributed by atoms with van der Waals surface area (Å²) in [5.41, 5.74) is 2.54. The number of aromatic nitrogens is 2. The number of esters is 1. The lowest BCUT2D eigenvalue weighted by Gasteiger charge is -2.21. The minimum Gasteiger partial charge on any atom is -0.496 e. The van der Waals surface area contributed by atoms with Gasteiger partial charge in [0.1, 0.15) is 16.9 Å². The maximum absolute atomic E-state index is 13.0. The monoisotopic (exact) mass is 498 g/mol. The molecule has 0 aliphatic carbocycles. The number of rotatable bonds is 5. The molecule has 2 aromatic carbocycles. The van der Waals surface area contributed by atoms with Crippen LogP contribution in [-0.4, -0.2) is 41.4 Å². The largest absolute Gasteiger partial charge is 0.496 e. The van der Waals surface area contributed by atoms with E-state index in [1.54, 1.807) is 37.6 Å². The Bertz CT molecular complexity index is 1430. The van der Waals surface area contributed by atoms with Gasteiger partial charge in [-0.3, -0.25) is 9.36 Å². The van der Waals surface area contributed by atoms with Gasteiger partial charge in [0.05, 0.1) is 32.1 Å². The van der Waals surface area contributed by atoms with Crippen LogP contribution in [0.2, 0.25) is 5.02 Å². The molecule has 1 unspecified atom stereocenters. The fourth-order valence-corrected chi connectivity index (χ4v) is 4.32. The number of oxazole rings is 1. The highest BCUT2D eigenvalue weighted by Crippen LogP contribution is 2.42. The summed E-state index contributed by atoms with van der Waals surface area (Å²) < 4.78 is 23.8. The van der Waals surface area contributed by atoms with Gasteiger partial charge in [0, 0.05) is 22.2 Å². The molecule has 2 aromatic heterocycles. The Morgan fingerprint density at radius 3 is 2.57 bits per heavy atom. The number of aryl methyl sites for hydroxylation is 1. The number of nitrogens with zero attached hydrogens (tertiary/aromatic N) is 2. The fraction of sp³-hybridized carbons (Fsp3) is 0.346. The van der Waals surface area contributed by atoms with E-state index in [1.807, 2.05) is 33.8 Å². The van der Waals surface area contributed by atoms with Crippen LogP contribution in [0.4, 0.5) is 4.79 Å². The van der Waals surface area contributed by atoms with Crippen LogP contribution in [0.15, 0.2) is 40.9 Å². The molecule has 9 heteroatoms. The number of halogens is 1. The van der Waals surface area contributed by atoms with Gasteiger partial charge >= 0.3 is 12.1 Å². The Labute approximate surface area is 207 Å². The first-order valence-corrected chi connectivity index (χ1v) is 11.4. The molecule has 2 heterocycles. The normalized spacial score (nSPS) is 12.7. The summed E-state index contributed by atoms with van der Waals surface area (Å²) in [5, 5.41) is 1.23. The van der Waals surface area contributed by atoms with Crippen LogP contribution in [0.25, 0.3) is 22.0 Å². The van der Waals surface area contributed by atoms with E-state index >= 15 is 0 Å². The van der Waals surface area contributed by atoms with Crippen LogP contribution in [0.1, 0.15) is 50.1 Å². The molecule has 0 N–H and O–H groups in total. The third kappa shape index (κ3) is 4.84. The summed E-state index contributed by atoms with van der Waals surface area (Å²) in [6, 6.07) is 8.75. The summed E-state index contributed by atoms with van der Waals surface area (Å²) in [7, 11) is 2.88. The molecule has 0 fully saturated rings. The van der Waals surface area contributed by atoms with E-state index in [0.717, 1.165) is 5.56 Å². The number of hydrogen-bond donors (Lipinski definition) is 0. The zero-order valence-electron chi connectivity index (χ0n) is 20.5. The molecule has 0 bridgehead atoms. The lowest BCUT2D eigenvalue weighted by Crippen LogP contribution is -2.26. The van der Waals surface area contributed by atoms with Crippen LogP contribution in [0.3, 0.4) is 0 Å². The number of hydrogen-bond acceptors (Lipinski definition) is 7. The van der Waals surface area contributed by atoms with Gasteiger partial charge in [-0.25, -0.2) is 9.78 Å². The number of fused-ring (bicyclic) bond motifs is 2. The van der Waals surface area contributed by atoms with Crippen molar-refractivity contribution in [2.75, 3.05) is 14.2 Å². The van der Waals surface area contributed by atoms with Crippen molar-refractivity contribution in [3.05, 3.63) is 58.6 Å². The first-order chi connectivity index (χ1) is 16.5. The Hall–Kier alpha value is -3.52. The number of methoxy groups -OCH3 is 2. The summed E-state index contributed by atoms with van der Waals surface area (Å²) in [6.45, 7) is 7.31. The highest BCUT2D eigenvalue weighted by Gasteiger charge is 2.31. The molecule has 0 radical (unpaired) electrons. The number of benzene rings is 2. The molecule has 0 amide bonds. The maximum Gasteiger partial charge on any atom is 0.419 e. The van der Waals surface area contributed by atoms with E-state index in [9.17, 15) is 9.59 Å². The van der Waals surface area contributed by atoms with Crippen LogP contribution >= 0.6 is 11.6 Å². The van der Waals surface area contributed by atoms with Crippen molar-refractivity contribution in [3.63, 3.8) is 0 Å². The van der Waals surface area contributed by atoms with Crippen molar-refractivity contribution in [1.82, 2.24) is 9.55 Å². The average molecular weight is 499 g/mol. The Balaban J connectivity index is 1.95. The zero-order valence-corrected chi connectivity index (χ0v) is 21.2. The molecular weight excluding hydrogens is 472 g/mol. The van der Waals surface area contributed by atoms with Crippen LogP contribution < -0.4 is 4.74 Å². The molecular formula is C26H27ClN2O6. The van der Waals surface area contributed by atoms with E-state index in [4.69, 9.17) is 30.2 Å². The van der Waals surface area contributed by atoms with E-state index < -0.39 is 23.6 Å². The van der Waals surface area contributed by atoms with Crippen LogP contribution in [0, 0.1) is 6.92 Å². The molecule has 0 saturated carbocycles. The lowest BCUT2D eigenvalue weighted by molar-refractivity contribution is -0.140. The Morgan fingerprint density at radius 1 is 1.17 bits per heavy atom. The van der Waals surface area contributed by atoms with Crippen molar-refractivity contribution >= 4 is 45.7 Å². The molecule has 0 aliphatic rings. The predicted octanol–water partition coefficient (Wildman–Crippen LogP) is 6.23. The van der Waals surface area contributed by atoms with Crippen LogP contribution in [-0.2, 0) is 14.3 Å². The van der Waals surface area contributed by atoms with Crippen molar-refractivity contribution < 1.29 is 28.2 Å². The van der Waals surface area contributed by atoms with Crippen molar-refractivity contribution in [1.29, 1.82) is 0 Å². The van der Waals surface area contributed by atoms with Gasteiger partial charge in [-0.15, -0.1) is 0 Å². The fourth-order valence-electron chi connectivity index (χ4n) is 4.15. The second kappa shape index (κ2) is 9.26. The van der Waals surface area contributed by atoms with Crippen molar-refractivity contribution in [2.45, 2.75) is 45.6 Å². The van der Waals surface area contributed by atoms with Gasteiger partial charge in [-0.05, 0) is 63.6 Å². The molecule has 8 nitrogen and oxygen atoms in total. The first-order valence-electron chi connectivity index (χ1n) is 11.1. The van der Waals surface area contributed by atoms with Gasteiger partial charge in [-0.2, -0.15) is 0 Å². The van der Waals surface area contributed by atoms with Crippen molar-refractivity contribution in [3.8, 4) is 5.75 Å². The minimum atomic E-state index is -0.663. The van der Waals surface area contributed by atoms with E-state index in [-0.39, 0.29) is 6.42 Å². The number of carbonyl (C=O) groups excluding carboxylic acids is 2. The van der Waals surface area contributed by atoms with Gasteiger partial charge < -0.3 is 18.6 Å². The van der Waals surface area contributed by atoms with Crippen molar-refractivity contribution in [2.24, 2.45) is 0 Å². The van der Waals surface area contributed by atoms with Gasteiger partial charge in [0.15, 0.2) is 5.58 Å². The Kier molecular flexibility index (Phi) is 6.51. The molecule has 4 aromatic rings. The minimum absolute atomic E-state index is 0.0524. The lowest BCUT2D eigenvalue weighted by atomic mass is 9.90. The molecule has 1 atom stereocenters. The predicted molar refractivity (Wildman–Crippen MR) is 132 cm³/mol. The first kappa shape index (κ1) is 24.6.